The van der Waals surface area contributed by atoms with Crippen molar-refractivity contribution in [1.82, 2.24) is 25.7 Å². The number of rotatable bonds is 5. The van der Waals surface area contributed by atoms with Gasteiger partial charge in [0.1, 0.15) is 0 Å². The zero-order valence-electron chi connectivity index (χ0n) is 13.3. The van der Waals surface area contributed by atoms with Crippen molar-refractivity contribution in [2.24, 2.45) is 0 Å². The molecule has 0 saturated carbocycles. The fourth-order valence-electron chi connectivity index (χ4n) is 2.55. The molecule has 0 aliphatic heterocycles. The molecule has 7 nitrogen and oxygen atoms in total. The van der Waals surface area contributed by atoms with Gasteiger partial charge in [0.05, 0.1) is 11.7 Å². The lowest BCUT2D eigenvalue weighted by molar-refractivity contribution is 0.0945. The summed E-state index contributed by atoms with van der Waals surface area (Å²) in [5, 5.41) is 14.5. The van der Waals surface area contributed by atoms with Gasteiger partial charge in [-0.2, -0.15) is 5.10 Å². The number of hydrogen-bond donors (Lipinski definition) is 2. The van der Waals surface area contributed by atoms with Gasteiger partial charge in [-0.05, 0) is 30.3 Å². The zero-order valence-corrected chi connectivity index (χ0v) is 13.3. The van der Waals surface area contributed by atoms with Gasteiger partial charge in [-0.25, -0.2) is 0 Å². The third kappa shape index (κ3) is 3.25. The zero-order chi connectivity index (χ0) is 17.1. The molecule has 0 unspecified atom stereocenters. The Morgan fingerprint density at radius 1 is 1.20 bits per heavy atom. The highest BCUT2D eigenvalue weighted by Crippen LogP contribution is 2.24. The number of carbonyl (C=O) groups excluding carboxylic acids is 1. The minimum atomic E-state index is -0.268. The van der Waals surface area contributed by atoms with Crippen LogP contribution in [0.15, 0.2) is 59.4 Å². The van der Waals surface area contributed by atoms with Gasteiger partial charge in [0, 0.05) is 41.9 Å². The van der Waals surface area contributed by atoms with Crippen molar-refractivity contribution in [2.45, 2.75) is 6.42 Å². The van der Waals surface area contributed by atoms with E-state index in [1.54, 1.807) is 18.5 Å². The molecule has 1 aromatic carbocycles. The summed E-state index contributed by atoms with van der Waals surface area (Å²) in [5.41, 5.74) is 2.96. The van der Waals surface area contributed by atoms with Crippen molar-refractivity contribution in [3.05, 3.63) is 66.2 Å². The number of benzene rings is 1. The molecule has 0 aliphatic carbocycles. The Balaban J connectivity index is 1.42. The minimum Gasteiger partial charge on any atom is -0.355 e. The second-order valence-electron chi connectivity index (χ2n) is 5.58. The van der Waals surface area contributed by atoms with Crippen LogP contribution in [-0.2, 0) is 6.42 Å². The summed E-state index contributed by atoms with van der Waals surface area (Å²) in [7, 11) is 0. The molecule has 7 heteroatoms. The van der Waals surface area contributed by atoms with Crippen LogP contribution in [0.1, 0.15) is 16.2 Å². The number of carbonyl (C=O) groups is 1. The van der Waals surface area contributed by atoms with E-state index in [0.717, 1.165) is 22.2 Å². The highest BCUT2D eigenvalue weighted by molar-refractivity contribution is 5.93. The quantitative estimate of drug-likeness (QED) is 0.585. The number of fused-ring (bicyclic) bond motifs is 1. The fourth-order valence-corrected chi connectivity index (χ4v) is 2.55. The summed E-state index contributed by atoms with van der Waals surface area (Å²) in [5.74, 6) is 0.272. The number of H-pyrrole nitrogens is 1. The predicted molar refractivity (Wildman–Crippen MR) is 91.9 cm³/mol. The van der Waals surface area contributed by atoms with Crippen LogP contribution in [0.3, 0.4) is 0 Å². The van der Waals surface area contributed by atoms with Crippen molar-refractivity contribution in [3.63, 3.8) is 0 Å². The molecule has 124 valence electrons. The van der Waals surface area contributed by atoms with E-state index >= 15 is 0 Å². The van der Waals surface area contributed by atoms with Crippen molar-refractivity contribution in [1.29, 1.82) is 0 Å². The second kappa shape index (κ2) is 6.56. The van der Waals surface area contributed by atoms with Crippen molar-refractivity contribution in [3.8, 4) is 11.3 Å². The number of aromatic nitrogens is 4. The average molecular weight is 333 g/mol. The molecule has 2 N–H and O–H groups in total. The highest BCUT2D eigenvalue weighted by Gasteiger charge is 2.14. The third-order valence-electron chi connectivity index (χ3n) is 3.86. The maximum absolute atomic E-state index is 12.2. The number of aromatic amines is 1. The van der Waals surface area contributed by atoms with E-state index in [9.17, 15) is 4.79 Å². The summed E-state index contributed by atoms with van der Waals surface area (Å²) >= 11 is 0. The Hall–Kier alpha value is -3.48. The molecule has 3 heterocycles. The average Bonchev–Trinajstić information content (AvgIpc) is 3.31. The van der Waals surface area contributed by atoms with E-state index < -0.39 is 0 Å². The number of amides is 1. The topological polar surface area (TPSA) is 96.7 Å². The lowest BCUT2D eigenvalue weighted by Crippen LogP contribution is -2.26. The van der Waals surface area contributed by atoms with Gasteiger partial charge < -0.3 is 9.84 Å². The fraction of sp³-hybridized carbons (Fsp3) is 0.111. The molecule has 0 atom stereocenters. The van der Waals surface area contributed by atoms with Gasteiger partial charge in [0.2, 0.25) is 0 Å². The van der Waals surface area contributed by atoms with Gasteiger partial charge in [0.25, 0.3) is 5.91 Å². The summed E-state index contributed by atoms with van der Waals surface area (Å²) in [4.78, 5) is 16.4. The molecule has 1 amide bonds. The van der Waals surface area contributed by atoms with Crippen LogP contribution in [-0.4, -0.2) is 32.8 Å². The maximum Gasteiger partial charge on any atom is 0.273 e. The first-order valence-corrected chi connectivity index (χ1v) is 7.88. The van der Waals surface area contributed by atoms with Crippen LogP contribution in [0.25, 0.3) is 22.2 Å². The molecule has 25 heavy (non-hydrogen) atoms. The molecule has 0 fully saturated rings. The minimum absolute atomic E-state index is 0.253. The SMILES string of the molecule is O=C(NCCc1ccccn1)c1cc(-c2ccc3[nH]ncc3c2)on1. The van der Waals surface area contributed by atoms with Crippen LogP contribution in [0.5, 0.6) is 0 Å². The predicted octanol–water partition coefficient (Wildman–Crippen LogP) is 2.59. The molecule has 4 rings (SSSR count). The number of pyridine rings is 1. The van der Waals surface area contributed by atoms with E-state index in [1.807, 2.05) is 36.4 Å². The molecule has 0 radical (unpaired) electrons. The van der Waals surface area contributed by atoms with Crippen molar-refractivity contribution in [2.75, 3.05) is 6.54 Å². The molecular formula is C18H15N5O2. The van der Waals surface area contributed by atoms with Gasteiger partial charge in [-0.1, -0.05) is 11.2 Å². The van der Waals surface area contributed by atoms with E-state index in [0.29, 0.717) is 18.7 Å². The van der Waals surface area contributed by atoms with Crippen LogP contribution in [0.2, 0.25) is 0 Å². The smallest absolute Gasteiger partial charge is 0.273 e. The normalized spacial score (nSPS) is 10.9. The lowest BCUT2D eigenvalue weighted by atomic mass is 10.1. The van der Waals surface area contributed by atoms with Crippen LogP contribution >= 0.6 is 0 Å². The molecule has 4 aromatic rings. The van der Waals surface area contributed by atoms with Crippen LogP contribution in [0.4, 0.5) is 0 Å². The third-order valence-corrected chi connectivity index (χ3v) is 3.86. The Kier molecular flexibility index (Phi) is 3.96. The Bertz CT molecular complexity index is 1010. The van der Waals surface area contributed by atoms with Gasteiger partial charge in [-0.3, -0.25) is 14.9 Å². The Morgan fingerprint density at radius 2 is 2.16 bits per heavy atom. The molecule has 3 aromatic heterocycles. The Morgan fingerprint density at radius 3 is 3.04 bits per heavy atom. The van der Waals surface area contributed by atoms with Crippen molar-refractivity contribution >= 4 is 16.8 Å². The molecule has 0 spiro atoms. The first kappa shape index (κ1) is 15.1. The van der Waals surface area contributed by atoms with Crippen LogP contribution < -0.4 is 5.32 Å². The summed E-state index contributed by atoms with van der Waals surface area (Å²) in [6.07, 6.45) is 4.13. The highest BCUT2D eigenvalue weighted by atomic mass is 16.5. The molecule has 0 saturated heterocycles. The maximum atomic E-state index is 12.2. The van der Waals surface area contributed by atoms with Gasteiger partial charge in [0.15, 0.2) is 11.5 Å². The van der Waals surface area contributed by atoms with E-state index in [4.69, 9.17) is 4.52 Å². The monoisotopic (exact) mass is 333 g/mol. The first-order valence-electron chi connectivity index (χ1n) is 7.88. The van der Waals surface area contributed by atoms with E-state index in [2.05, 4.69) is 25.7 Å². The summed E-state index contributed by atoms with van der Waals surface area (Å²) in [6.45, 7) is 0.485. The number of nitrogens with one attached hydrogen (secondary N) is 2. The lowest BCUT2D eigenvalue weighted by Gasteiger charge is -2.02. The molecule has 0 bridgehead atoms. The summed E-state index contributed by atoms with van der Waals surface area (Å²) < 4.78 is 5.31. The Labute approximate surface area is 143 Å². The van der Waals surface area contributed by atoms with Crippen molar-refractivity contribution < 1.29 is 9.32 Å². The van der Waals surface area contributed by atoms with Gasteiger partial charge in [-0.15, -0.1) is 0 Å². The number of hydrogen-bond acceptors (Lipinski definition) is 5. The molecular weight excluding hydrogens is 318 g/mol. The van der Waals surface area contributed by atoms with Crippen LogP contribution in [0, 0.1) is 0 Å². The van der Waals surface area contributed by atoms with E-state index in [-0.39, 0.29) is 11.6 Å². The van der Waals surface area contributed by atoms with E-state index in [1.165, 1.54) is 0 Å². The largest absolute Gasteiger partial charge is 0.355 e. The number of nitrogens with zero attached hydrogens (tertiary/aromatic N) is 3. The molecule has 0 aliphatic rings. The van der Waals surface area contributed by atoms with Gasteiger partial charge >= 0.3 is 0 Å². The summed E-state index contributed by atoms with van der Waals surface area (Å²) in [6, 6.07) is 13.1. The standard InChI is InChI=1S/C18H15N5O2/c24-18(20-8-6-14-3-1-2-7-19-14)16-10-17(25-23-16)12-4-5-15-13(9-12)11-21-22-15/h1-5,7,9-11H,6,8H2,(H,20,24)(H,21,22). The second-order valence-corrected chi connectivity index (χ2v) is 5.58. The first-order chi connectivity index (χ1) is 12.3.